The van der Waals surface area contributed by atoms with Crippen LogP contribution in [-0.2, 0) is 0 Å². The van der Waals surface area contributed by atoms with Crippen molar-refractivity contribution < 1.29 is 15.3 Å². The first-order chi connectivity index (χ1) is 5.11. The van der Waals surface area contributed by atoms with Crippen LogP contribution in [0.1, 0.15) is 13.3 Å². The van der Waals surface area contributed by atoms with Crippen molar-refractivity contribution in [3.05, 3.63) is 0 Å². The van der Waals surface area contributed by atoms with Gasteiger partial charge >= 0.3 is 0 Å². The number of aliphatic hydroxyl groups excluding tert-OH is 3. The van der Waals surface area contributed by atoms with Crippen molar-refractivity contribution in [2.45, 2.75) is 37.7 Å². The summed E-state index contributed by atoms with van der Waals surface area (Å²) in [6, 6.07) is 0.150. The van der Waals surface area contributed by atoms with E-state index in [2.05, 4.69) is 5.32 Å². The van der Waals surface area contributed by atoms with E-state index in [-0.39, 0.29) is 6.04 Å². The lowest BCUT2D eigenvalue weighted by Gasteiger charge is -2.18. The molecule has 1 fully saturated rings. The fourth-order valence-corrected chi connectivity index (χ4v) is 1.28. The van der Waals surface area contributed by atoms with Crippen molar-refractivity contribution in [2.24, 2.45) is 0 Å². The van der Waals surface area contributed by atoms with Crippen LogP contribution in [0, 0.1) is 0 Å². The number of aliphatic hydroxyl groups is 3. The van der Waals surface area contributed by atoms with E-state index < -0.39 is 18.3 Å². The van der Waals surface area contributed by atoms with Gasteiger partial charge in [0.1, 0.15) is 6.10 Å². The zero-order valence-electron chi connectivity index (χ0n) is 6.57. The van der Waals surface area contributed by atoms with E-state index >= 15 is 0 Å². The van der Waals surface area contributed by atoms with Crippen molar-refractivity contribution in [1.29, 1.82) is 0 Å². The molecule has 4 nitrogen and oxygen atoms in total. The Bertz CT molecular complexity index is 131. The molecule has 4 N–H and O–H groups in total. The minimum atomic E-state index is -1.01. The third kappa shape index (κ3) is 2.13. The van der Waals surface area contributed by atoms with E-state index in [0.717, 1.165) is 0 Å². The molecule has 0 saturated carbocycles. The number of hydrogen-bond donors (Lipinski definition) is 4. The van der Waals surface area contributed by atoms with Crippen molar-refractivity contribution >= 4 is 0 Å². The third-order valence-corrected chi connectivity index (χ3v) is 2.06. The maximum atomic E-state index is 9.25. The summed E-state index contributed by atoms with van der Waals surface area (Å²) >= 11 is 0. The van der Waals surface area contributed by atoms with Crippen LogP contribution in [0.3, 0.4) is 0 Å². The molecule has 1 heterocycles. The highest BCUT2D eigenvalue weighted by Crippen LogP contribution is 2.10. The molecule has 0 radical (unpaired) electrons. The van der Waals surface area contributed by atoms with E-state index in [1.807, 2.05) is 6.92 Å². The lowest BCUT2D eigenvalue weighted by Crippen LogP contribution is -2.38. The largest absolute Gasteiger partial charge is 0.390 e. The van der Waals surface area contributed by atoms with Gasteiger partial charge in [0, 0.05) is 12.6 Å². The summed E-state index contributed by atoms with van der Waals surface area (Å²) in [5.74, 6) is 0. The van der Waals surface area contributed by atoms with Gasteiger partial charge in [-0.05, 0) is 13.3 Å². The predicted octanol–water partition coefficient (Wildman–Crippen LogP) is -1.55. The molecule has 0 amide bonds. The van der Waals surface area contributed by atoms with Gasteiger partial charge < -0.3 is 20.6 Å². The highest BCUT2D eigenvalue weighted by molar-refractivity contribution is 4.84. The Labute approximate surface area is 65.9 Å². The van der Waals surface area contributed by atoms with Gasteiger partial charge in [0.05, 0.1) is 12.2 Å². The molecular weight excluding hydrogens is 146 g/mol. The van der Waals surface area contributed by atoms with E-state index in [4.69, 9.17) is 0 Å². The minimum Gasteiger partial charge on any atom is -0.390 e. The van der Waals surface area contributed by atoms with Crippen LogP contribution >= 0.6 is 0 Å². The quantitative estimate of drug-likeness (QED) is 0.347. The van der Waals surface area contributed by atoms with Crippen molar-refractivity contribution in [3.8, 4) is 0 Å². The number of nitrogens with one attached hydrogen (secondary N) is 1. The molecule has 4 atom stereocenters. The lowest BCUT2D eigenvalue weighted by atomic mass is 10.1. The molecule has 1 aliphatic rings. The molecule has 0 bridgehead atoms. The monoisotopic (exact) mass is 161 g/mol. The topological polar surface area (TPSA) is 72.7 Å². The van der Waals surface area contributed by atoms with Gasteiger partial charge in [-0.1, -0.05) is 0 Å². The average Bonchev–Trinajstić information content (AvgIpc) is 2.05. The fourth-order valence-electron chi connectivity index (χ4n) is 1.28. The molecule has 66 valence electrons. The Morgan fingerprint density at radius 2 is 1.82 bits per heavy atom. The van der Waals surface area contributed by atoms with Gasteiger partial charge in [-0.25, -0.2) is 0 Å². The lowest BCUT2D eigenvalue weighted by molar-refractivity contribution is -0.0511. The maximum absolute atomic E-state index is 9.25. The second-order valence-electron chi connectivity index (χ2n) is 3.17. The van der Waals surface area contributed by atoms with Crippen LogP contribution in [-0.4, -0.2) is 46.2 Å². The van der Waals surface area contributed by atoms with Gasteiger partial charge in [0.2, 0.25) is 0 Å². The molecule has 0 aromatic heterocycles. The van der Waals surface area contributed by atoms with Crippen LogP contribution in [0.4, 0.5) is 0 Å². The van der Waals surface area contributed by atoms with Crippen LogP contribution in [0.25, 0.3) is 0 Å². The standard InChI is InChI=1S/C7H15NO3/c1-4-2-5(9)7(11)6(10)3-8-4/h4-11H,2-3H2,1H3/t4-,5+,6-,7+/m0/s1. The third-order valence-electron chi connectivity index (χ3n) is 2.06. The molecule has 0 aromatic rings. The number of hydrogen-bond acceptors (Lipinski definition) is 4. The normalized spacial score (nSPS) is 46.9. The highest BCUT2D eigenvalue weighted by atomic mass is 16.4. The van der Waals surface area contributed by atoms with Crippen molar-refractivity contribution in [3.63, 3.8) is 0 Å². The Hall–Kier alpha value is -0.160. The summed E-state index contributed by atoms with van der Waals surface area (Å²) in [4.78, 5) is 0. The van der Waals surface area contributed by atoms with E-state index in [9.17, 15) is 15.3 Å². The summed E-state index contributed by atoms with van der Waals surface area (Å²) in [5.41, 5.74) is 0. The number of β-amino-alcohol motifs (C(OH)–C–C–N with tert-alkyl or cyclic N) is 1. The molecule has 1 aliphatic heterocycles. The average molecular weight is 161 g/mol. The zero-order chi connectivity index (χ0) is 8.43. The molecule has 0 aromatic carbocycles. The summed E-state index contributed by atoms with van der Waals surface area (Å²) < 4.78 is 0. The smallest absolute Gasteiger partial charge is 0.107 e. The molecule has 1 rings (SSSR count). The van der Waals surface area contributed by atoms with Crippen LogP contribution in [0.15, 0.2) is 0 Å². The summed E-state index contributed by atoms with van der Waals surface area (Å²) in [6.07, 6.45) is -2.18. The van der Waals surface area contributed by atoms with Crippen LogP contribution in [0.2, 0.25) is 0 Å². The summed E-state index contributed by atoms with van der Waals surface area (Å²) in [5, 5.41) is 30.6. The van der Waals surface area contributed by atoms with Crippen LogP contribution < -0.4 is 5.32 Å². The van der Waals surface area contributed by atoms with Gasteiger partial charge in [-0.15, -0.1) is 0 Å². The number of rotatable bonds is 0. The molecule has 1 saturated heterocycles. The Balaban J connectivity index is 2.53. The second-order valence-corrected chi connectivity index (χ2v) is 3.17. The van der Waals surface area contributed by atoms with E-state index in [1.165, 1.54) is 0 Å². The Kier molecular flexibility index (Phi) is 2.84. The molecule has 4 heteroatoms. The molecular formula is C7H15NO3. The van der Waals surface area contributed by atoms with Crippen molar-refractivity contribution in [1.82, 2.24) is 5.32 Å². The maximum Gasteiger partial charge on any atom is 0.107 e. The first kappa shape index (κ1) is 8.93. The first-order valence-corrected chi connectivity index (χ1v) is 3.89. The summed E-state index contributed by atoms with van der Waals surface area (Å²) in [7, 11) is 0. The highest BCUT2D eigenvalue weighted by Gasteiger charge is 2.29. The Morgan fingerprint density at radius 3 is 2.45 bits per heavy atom. The molecule has 11 heavy (non-hydrogen) atoms. The van der Waals surface area contributed by atoms with Gasteiger partial charge in [-0.3, -0.25) is 0 Å². The van der Waals surface area contributed by atoms with Crippen LogP contribution in [0.5, 0.6) is 0 Å². The molecule has 0 spiro atoms. The second kappa shape index (κ2) is 3.49. The SMILES string of the molecule is C[C@H]1C[C@@H](O)[C@@H](O)[C@@H](O)CN1. The van der Waals surface area contributed by atoms with Gasteiger partial charge in [0.15, 0.2) is 0 Å². The van der Waals surface area contributed by atoms with Gasteiger partial charge in [-0.2, -0.15) is 0 Å². The zero-order valence-corrected chi connectivity index (χ0v) is 6.57. The van der Waals surface area contributed by atoms with Gasteiger partial charge in [0.25, 0.3) is 0 Å². The fraction of sp³-hybridized carbons (Fsp3) is 1.00. The molecule has 0 unspecified atom stereocenters. The minimum absolute atomic E-state index is 0.150. The first-order valence-electron chi connectivity index (χ1n) is 3.89. The summed E-state index contributed by atoms with van der Waals surface area (Å²) in [6.45, 7) is 2.26. The Morgan fingerprint density at radius 1 is 1.18 bits per heavy atom. The van der Waals surface area contributed by atoms with Crippen molar-refractivity contribution in [2.75, 3.05) is 6.54 Å². The van der Waals surface area contributed by atoms with E-state index in [1.54, 1.807) is 0 Å². The predicted molar refractivity (Wildman–Crippen MR) is 40.1 cm³/mol. The van der Waals surface area contributed by atoms with E-state index in [0.29, 0.717) is 13.0 Å². The molecule has 0 aliphatic carbocycles.